The molecule has 4 heteroatoms. The van der Waals surface area contributed by atoms with Crippen molar-refractivity contribution in [1.29, 1.82) is 0 Å². The Morgan fingerprint density at radius 2 is 1.94 bits per heavy atom. The SMILES string of the molecule is O=C(NCc1ccccc1)c1ccc(I)cn1. The number of nitrogens with one attached hydrogen (secondary N) is 1. The molecular weight excluding hydrogens is 327 g/mol. The number of pyridine rings is 1. The topological polar surface area (TPSA) is 42.0 Å². The van der Waals surface area contributed by atoms with Crippen LogP contribution in [-0.2, 0) is 6.54 Å². The first-order valence-corrected chi connectivity index (χ1v) is 6.27. The van der Waals surface area contributed by atoms with Crippen LogP contribution in [0.2, 0.25) is 0 Å². The van der Waals surface area contributed by atoms with E-state index < -0.39 is 0 Å². The van der Waals surface area contributed by atoms with E-state index in [1.54, 1.807) is 12.3 Å². The molecule has 0 aliphatic carbocycles. The summed E-state index contributed by atoms with van der Waals surface area (Å²) in [4.78, 5) is 15.8. The lowest BCUT2D eigenvalue weighted by molar-refractivity contribution is 0.0946. The lowest BCUT2D eigenvalue weighted by atomic mass is 10.2. The minimum Gasteiger partial charge on any atom is -0.347 e. The van der Waals surface area contributed by atoms with Gasteiger partial charge in [-0.15, -0.1) is 0 Å². The summed E-state index contributed by atoms with van der Waals surface area (Å²) in [5, 5.41) is 2.83. The number of carbonyl (C=O) groups is 1. The highest BCUT2D eigenvalue weighted by Crippen LogP contribution is 2.03. The molecule has 1 amide bonds. The van der Waals surface area contributed by atoms with E-state index in [9.17, 15) is 4.79 Å². The molecular formula is C13H11IN2O. The molecule has 1 heterocycles. The highest BCUT2D eigenvalue weighted by molar-refractivity contribution is 14.1. The summed E-state index contributed by atoms with van der Waals surface area (Å²) < 4.78 is 1.02. The zero-order valence-electron chi connectivity index (χ0n) is 9.06. The molecule has 0 radical (unpaired) electrons. The van der Waals surface area contributed by atoms with Crippen molar-refractivity contribution in [3.63, 3.8) is 0 Å². The van der Waals surface area contributed by atoms with Crippen molar-refractivity contribution in [2.75, 3.05) is 0 Å². The van der Waals surface area contributed by atoms with Crippen LogP contribution in [0.1, 0.15) is 16.1 Å². The van der Waals surface area contributed by atoms with E-state index in [1.807, 2.05) is 36.4 Å². The van der Waals surface area contributed by atoms with Gasteiger partial charge in [0.25, 0.3) is 5.91 Å². The molecule has 0 spiro atoms. The maximum absolute atomic E-state index is 11.8. The molecule has 0 aliphatic rings. The number of nitrogens with zero attached hydrogens (tertiary/aromatic N) is 1. The highest BCUT2D eigenvalue weighted by atomic mass is 127. The van der Waals surface area contributed by atoms with E-state index in [-0.39, 0.29) is 5.91 Å². The normalized spacial score (nSPS) is 9.94. The number of hydrogen-bond acceptors (Lipinski definition) is 2. The fourth-order valence-corrected chi connectivity index (χ4v) is 1.70. The number of rotatable bonds is 3. The predicted molar refractivity (Wildman–Crippen MR) is 74.6 cm³/mol. The van der Waals surface area contributed by atoms with E-state index in [1.165, 1.54) is 0 Å². The van der Waals surface area contributed by atoms with Gasteiger partial charge in [0.05, 0.1) is 0 Å². The Hall–Kier alpha value is -1.43. The summed E-state index contributed by atoms with van der Waals surface area (Å²) in [6, 6.07) is 13.4. The van der Waals surface area contributed by atoms with Crippen molar-refractivity contribution in [3.8, 4) is 0 Å². The first-order valence-electron chi connectivity index (χ1n) is 5.19. The minimum absolute atomic E-state index is 0.148. The van der Waals surface area contributed by atoms with Gasteiger partial charge in [-0.25, -0.2) is 4.98 Å². The molecule has 3 nitrogen and oxygen atoms in total. The molecule has 2 aromatic rings. The Morgan fingerprint density at radius 3 is 2.59 bits per heavy atom. The molecule has 2 rings (SSSR count). The third kappa shape index (κ3) is 3.52. The molecule has 86 valence electrons. The first kappa shape index (κ1) is 12.0. The number of hydrogen-bond donors (Lipinski definition) is 1. The quantitative estimate of drug-likeness (QED) is 0.875. The standard InChI is InChI=1S/C13H11IN2O/c14-11-6-7-12(15-9-11)13(17)16-8-10-4-2-1-3-5-10/h1-7,9H,8H2,(H,16,17). The number of amides is 1. The third-order valence-corrected chi connectivity index (χ3v) is 2.89. The number of aromatic nitrogens is 1. The molecule has 0 saturated heterocycles. The molecule has 0 unspecified atom stereocenters. The van der Waals surface area contributed by atoms with Crippen molar-refractivity contribution >= 4 is 28.5 Å². The smallest absolute Gasteiger partial charge is 0.270 e. The summed E-state index contributed by atoms with van der Waals surface area (Å²) in [6.45, 7) is 0.521. The van der Waals surface area contributed by atoms with Crippen LogP contribution in [0, 0.1) is 3.57 Å². The van der Waals surface area contributed by atoms with E-state index in [0.717, 1.165) is 9.13 Å². The van der Waals surface area contributed by atoms with Gasteiger partial charge >= 0.3 is 0 Å². The van der Waals surface area contributed by atoms with Crippen LogP contribution in [0.25, 0.3) is 0 Å². The number of benzene rings is 1. The van der Waals surface area contributed by atoms with Crippen LogP contribution in [-0.4, -0.2) is 10.9 Å². The second-order valence-corrected chi connectivity index (χ2v) is 4.78. The Bertz CT molecular complexity index is 497. The van der Waals surface area contributed by atoms with Gasteiger partial charge < -0.3 is 5.32 Å². The third-order valence-electron chi connectivity index (χ3n) is 2.26. The summed E-state index contributed by atoms with van der Waals surface area (Å²) >= 11 is 2.16. The van der Waals surface area contributed by atoms with E-state index in [2.05, 4.69) is 32.9 Å². The Balaban J connectivity index is 1.96. The van der Waals surface area contributed by atoms with Gasteiger partial charge in [-0.1, -0.05) is 30.3 Å². The van der Waals surface area contributed by atoms with Crippen molar-refractivity contribution in [2.24, 2.45) is 0 Å². The minimum atomic E-state index is -0.148. The molecule has 1 N–H and O–H groups in total. The summed E-state index contributed by atoms with van der Waals surface area (Å²) in [7, 11) is 0. The predicted octanol–water partition coefficient (Wildman–Crippen LogP) is 2.62. The Labute approximate surface area is 113 Å². The fraction of sp³-hybridized carbons (Fsp3) is 0.0769. The second kappa shape index (κ2) is 5.77. The van der Waals surface area contributed by atoms with Crippen molar-refractivity contribution in [3.05, 3.63) is 63.5 Å². The van der Waals surface area contributed by atoms with E-state index in [0.29, 0.717) is 12.2 Å². The van der Waals surface area contributed by atoms with Gasteiger partial charge in [0.2, 0.25) is 0 Å². The van der Waals surface area contributed by atoms with Crippen LogP contribution in [0.4, 0.5) is 0 Å². The average molecular weight is 338 g/mol. The summed E-state index contributed by atoms with van der Waals surface area (Å²) in [6.07, 6.45) is 1.68. The van der Waals surface area contributed by atoms with E-state index in [4.69, 9.17) is 0 Å². The number of halogens is 1. The second-order valence-electron chi connectivity index (χ2n) is 3.53. The zero-order chi connectivity index (χ0) is 12.1. The molecule has 0 bridgehead atoms. The highest BCUT2D eigenvalue weighted by Gasteiger charge is 2.05. The molecule has 0 atom stereocenters. The largest absolute Gasteiger partial charge is 0.347 e. The van der Waals surface area contributed by atoms with Crippen molar-refractivity contribution in [1.82, 2.24) is 10.3 Å². The lowest BCUT2D eigenvalue weighted by Gasteiger charge is -2.04. The van der Waals surface area contributed by atoms with Gasteiger partial charge in [-0.2, -0.15) is 0 Å². The lowest BCUT2D eigenvalue weighted by Crippen LogP contribution is -2.23. The summed E-state index contributed by atoms with van der Waals surface area (Å²) in [5.74, 6) is -0.148. The van der Waals surface area contributed by atoms with Gasteiger partial charge in [-0.05, 0) is 40.3 Å². The average Bonchev–Trinajstić information content (AvgIpc) is 2.38. The molecule has 0 saturated carbocycles. The fourth-order valence-electron chi connectivity index (χ4n) is 1.38. The Kier molecular flexibility index (Phi) is 4.08. The van der Waals surface area contributed by atoms with Crippen molar-refractivity contribution in [2.45, 2.75) is 6.54 Å². The number of carbonyl (C=O) groups excluding carboxylic acids is 1. The van der Waals surface area contributed by atoms with Crippen LogP contribution in [0.3, 0.4) is 0 Å². The monoisotopic (exact) mass is 338 g/mol. The van der Waals surface area contributed by atoms with Gasteiger partial charge in [0.1, 0.15) is 5.69 Å². The van der Waals surface area contributed by atoms with Crippen LogP contribution < -0.4 is 5.32 Å². The van der Waals surface area contributed by atoms with Gasteiger partial charge in [0, 0.05) is 16.3 Å². The van der Waals surface area contributed by atoms with Gasteiger partial charge in [-0.3, -0.25) is 4.79 Å². The van der Waals surface area contributed by atoms with Crippen LogP contribution >= 0.6 is 22.6 Å². The van der Waals surface area contributed by atoms with Gasteiger partial charge in [0.15, 0.2) is 0 Å². The zero-order valence-corrected chi connectivity index (χ0v) is 11.2. The molecule has 17 heavy (non-hydrogen) atoms. The maximum Gasteiger partial charge on any atom is 0.270 e. The van der Waals surface area contributed by atoms with Crippen LogP contribution in [0.5, 0.6) is 0 Å². The van der Waals surface area contributed by atoms with Crippen LogP contribution in [0.15, 0.2) is 48.7 Å². The molecule has 0 fully saturated rings. The maximum atomic E-state index is 11.8. The first-order chi connectivity index (χ1) is 8.25. The van der Waals surface area contributed by atoms with E-state index >= 15 is 0 Å². The summed E-state index contributed by atoms with van der Waals surface area (Å²) in [5.41, 5.74) is 1.52. The molecule has 0 aliphatic heterocycles. The molecule has 1 aromatic carbocycles. The van der Waals surface area contributed by atoms with Crippen molar-refractivity contribution < 1.29 is 4.79 Å². The molecule has 1 aromatic heterocycles. The Morgan fingerprint density at radius 1 is 1.18 bits per heavy atom.